The summed E-state index contributed by atoms with van der Waals surface area (Å²) in [6.07, 6.45) is 12.0. The summed E-state index contributed by atoms with van der Waals surface area (Å²) in [5.74, 6) is 0.0181. The largest absolute Gasteiger partial charge is 0.466 e. The molecule has 2 atom stereocenters. The summed E-state index contributed by atoms with van der Waals surface area (Å²) < 4.78 is 11.4. The van der Waals surface area contributed by atoms with Crippen LogP contribution in [0.2, 0.25) is 10.0 Å². The van der Waals surface area contributed by atoms with Gasteiger partial charge in [-0.3, -0.25) is 9.59 Å². The van der Waals surface area contributed by atoms with Gasteiger partial charge in [0.1, 0.15) is 5.78 Å². The number of hydrogen-bond donors (Lipinski definition) is 0. The van der Waals surface area contributed by atoms with E-state index in [9.17, 15) is 9.59 Å². The van der Waals surface area contributed by atoms with E-state index in [4.69, 9.17) is 32.7 Å². The third kappa shape index (κ3) is 11.9. The predicted octanol–water partition coefficient (Wildman–Crippen LogP) is 10.1. The number of carbonyl (C=O) groups is 2. The number of Topliss-reactive ketones (excluding diaryl/α,β-unsaturated/α-hetero) is 1. The van der Waals surface area contributed by atoms with Crippen LogP contribution in [0.3, 0.4) is 0 Å². The molecule has 0 bridgehead atoms. The lowest BCUT2D eigenvalue weighted by Gasteiger charge is -2.33. The minimum Gasteiger partial charge on any atom is -0.466 e. The molecule has 0 N–H and O–H groups in total. The number of unbranched alkanes of at least 4 members (excludes halogenated alkanes) is 5. The summed E-state index contributed by atoms with van der Waals surface area (Å²) in [6.45, 7) is 6.77. The van der Waals surface area contributed by atoms with Gasteiger partial charge in [0.25, 0.3) is 0 Å². The standard InChI is InChI=1S/C34H48Cl2O4/c1-4-6-10-18-30(40-26-28-16-11-9-12-17-28)19-15-24-34(27(3)37,29-21-22-31(35)32(36)25-29)23-14-8-7-13-20-33(38)39-5-2/h9,11-12,16-17,21-22,25,30H,4-8,10,13-15,18-20,23-24,26H2,1-3H3. The molecule has 0 saturated carbocycles. The quantitative estimate of drug-likeness (QED) is 0.107. The van der Waals surface area contributed by atoms with Crippen molar-refractivity contribution in [2.24, 2.45) is 0 Å². The molecule has 2 unspecified atom stereocenters. The van der Waals surface area contributed by atoms with Crippen molar-refractivity contribution in [2.45, 2.75) is 122 Å². The van der Waals surface area contributed by atoms with Crippen molar-refractivity contribution in [2.75, 3.05) is 6.61 Å². The second-order valence-corrected chi connectivity index (χ2v) is 11.6. The first-order chi connectivity index (χ1) is 19.3. The molecular weight excluding hydrogens is 543 g/mol. The number of carbonyl (C=O) groups excluding carboxylic acids is 2. The number of benzene rings is 2. The highest BCUT2D eigenvalue weighted by atomic mass is 35.5. The molecule has 2 aromatic carbocycles. The normalized spacial score (nSPS) is 13.5. The van der Waals surface area contributed by atoms with Crippen LogP contribution in [-0.4, -0.2) is 24.5 Å². The second-order valence-electron chi connectivity index (χ2n) is 10.8. The van der Waals surface area contributed by atoms with Gasteiger partial charge in [0.05, 0.1) is 34.8 Å². The number of rotatable bonds is 21. The van der Waals surface area contributed by atoms with Gasteiger partial charge in [-0.1, -0.05) is 105 Å². The highest BCUT2D eigenvalue weighted by molar-refractivity contribution is 6.42. The molecule has 0 aliphatic heterocycles. The number of halogens is 2. The van der Waals surface area contributed by atoms with E-state index in [2.05, 4.69) is 19.1 Å². The Kier molecular flexibility index (Phi) is 16.5. The van der Waals surface area contributed by atoms with Crippen molar-refractivity contribution in [3.63, 3.8) is 0 Å². The van der Waals surface area contributed by atoms with Crippen LogP contribution in [0, 0.1) is 0 Å². The van der Waals surface area contributed by atoms with E-state index < -0.39 is 5.41 Å². The Morgan fingerprint density at radius 2 is 1.52 bits per heavy atom. The zero-order valence-corrected chi connectivity index (χ0v) is 26.2. The molecule has 0 fully saturated rings. The van der Waals surface area contributed by atoms with Gasteiger partial charge in [0.15, 0.2) is 0 Å². The maximum absolute atomic E-state index is 13.4. The summed E-state index contributed by atoms with van der Waals surface area (Å²) in [5.41, 5.74) is 1.50. The third-order valence-electron chi connectivity index (χ3n) is 7.77. The van der Waals surface area contributed by atoms with Crippen molar-refractivity contribution >= 4 is 35.0 Å². The third-order valence-corrected chi connectivity index (χ3v) is 8.51. The summed E-state index contributed by atoms with van der Waals surface area (Å²) in [7, 11) is 0. The highest BCUT2D eigenvalue weighted by Gasteiger charge is 2.37. The van der Waals surface area contributed by atoms with E-state index >= 15 is 0 Å². The van der Waals surface area contributed by atoms with E-state index in [1.165, 1.54) is 18.4 Å². The molecule has 0 saturated heterocycles. The molecule has 0 radical (unpaired) electrons. The Hall–Kier alpha value is -1.88. The molecule has 0 spiro atoms. The highest BCUT2D eigenvalue weighted by Crippen LogP contribution is 2.39. The van der Waals surface area contributed by atoms with Crippen LogP contribution in [0.15, 0.2) is 48.5 Å². The number of ether oxygens (including phenoxy) is 2. The van der Waals surface area contributed by atoms with Crippen LogP contribution < -0.4 is 0 Å². The van der Waals surface area contributed by atoms with Crippen molar-refractivity contribution < 1.29 is 19.1 Å². The minimum absolute atomic E-state index is 0.139. The fourth-order valence-corrected chi connectivity index (χ4v) is 5.70. The summed E-state index contributed by atoms with van der Waals surface area (Å²) in [5, 5.41) is 0.968. The Morgan fingerprint density at radius 1 is 0.825 bits per heavy atom. The molecule has 222 valence electrons. The van der Waals surface area contributed by atoms with Gasteiger partial charge in [-0.25, -0.2) is 0 Å². The van der Waals surface area contributed by atoms with E-state index in [0.29, 0.717) is 29.7 Å². The number of ketones is 1. The molecule has 0 aromatic heterocycles. The minimum atomic E-state index is -0.622. The first-order valence-corrected chi connectivity index (χ1v) is 15.9. The van der Waals surface area contributed by atoms with Gasteiger partial charge in [-0.05, 0) is 75.6 Å². The lowest BCUT2D eigenvalue weighted by Crippen LogP contribution is -2.35. The summed E-state index contributed by atoms with van der Waals surface area (Å²) in [6, 6.07) is 15.9. The predicted molar refractivity (Wildman–Crippen MR) is 166 cm³/mol. The van der Waals surface area contributed by atoms with Crippen molar-refractivity contribution in [3.8, 4) is 0 Å². The SMILES string of the molecule is CCCCCC(CCCC(CCCCCCC(=O)OCC)(C(C)=O)c1ccc(Cl)c(Cl)c1)OCc1ccccc1. The molecule has 0 heterocycles. The lowest BCUT2D eigenvalue weighted by atomic mass is 9.69. The molecule has 4 nitrogen and oxygen atoms in total. The second kappa shape index (κ2) is 19.3. The smallest absolute Gasteiger partial charge is 0.305 e. The first kappa shape index (κ1) is 34.3. The van der Waals surface area contributed by atoms with Crippen LogP contribution in [-0.2, 0) is 31.1 Å². The van der Waals surface area contributed by atoms with Crippen molar-refractivity contribution in [3.05, 3.63) is 69.7 Å². The van der Waals surface area contributed by atoms with Crippen LogP contribution in [0.1, 0.15) is 115 Å². The molecule has 40 heavy (non-hydrogen) atoms. The monoisotopic (exact) mass is 590 g/mol. The van der Waals surface area contributed by atoms with Gasteiger partial charge >= 0.3 is 5.97 Å². The van der Waals surface area contributed by atoms with E-state index in [1.807, 2.05) is 37.3 Å². The Bertz CT molecular complexity index is 1010. The molecule has 2 rings (SSSR count). The molecule has 6 heteroatoms. The van der Waals surface area contributed by atoms with Crippen molar-refractivity contribution in [1.82, 2.24) is 0 Å². The Morgan fingerprint density at radius 3 is 2.20 bits per heavy atom. The Labute approximate surface area is 252 Å². The summed E-state index contributed by atoms with van der Waals surface area (Å²) >= 11 is 12.7. The molecule has 0 amide bonds. The van der Waals surface area contributed by atoms with Crippen LogP contribution in [0.4, 0.5) is 0 Å². The molecule has 2 aromatic rings. The summed E-state index contributed by atoms with van der Waals surface area (Å²) in [4.78, 5) is 25.0. The van der Waals surface area contributed by atoms with Gasteiger partial charge in [-0.15, -0.1) is 0 Å². The molecule has 0 aliphatic carbocycles. The zero-order valence-electron chi connectivity index (χ0n) is 24.7. The van der Waals surface area contributed by atoms with E-state index in [1.54, 1.807) is 13.0 Å². The average molecular weight is 592 g/mol. The number of esters is 1. The van der Waals surface area contributed by atoms with Crippen LogP contribution in [0.5, 0.6) is 0 Å². The van der Waals surface area contributed by atoms with E-state index in [0.717, 1.165) is 69.8 Å². The molecular formula is C34H48Cl2O4. The van der Waals surface area contributed by atoms with Gasteiger partial charge in [0.2, 0.25) is 0 Å². The topological polar surface area (TPSA) is 52.6 Å². The fraction of sp³-hybridized carbons (Fsp3) is 0.588. The van der Waals surface area contributed by atoms with Gasteiger partial charge in [0, 0.05) is 6.42 Å². The zero-order chi connectivity index (χ0) is 29.2. The first-order valence-electron chi connectivity index (χ1n) is 15.1. The van der Waals surface area contributed by atoms with E-state index in [-0.39, 0.29) is 17.9 Å². The number of hydrogen-bond acceptors (Lipinski definition) is 4. The molecule has 0 aliphatic rings. The maximum Gasteiger partial charge on any atom is 0.305 e. The fourth-order valence-electron chi connectivity index (χ4n) is 5.40. The average Bonchev–Trinajstić information content (AvgIpc) is 2.94. The van der Waals surface area contributed by atoms with Crippen LogP contribution in [0.25, 0.3) is 0 Å². The van der Waals surface area contributed by atoms with Gasteiger partial charge < -0.3 is 9.47 Å². The van der Waals surface area contributed by atoms with Crippen molar-refractivity contribution in [1.29, 1.82) is 0 Å². The Balaban J connectivity index is 2.09. The van der Waals surface area contributed by atoms with Crippen LogP contribution >= 0.6 is 23.2 Å². The maximum atomic E-state index is 13.4. The lowest BCUT2D eigenvalue weighted by molar-refractivity contribution is -0.143. The van der Waals surface area contributed by atoms with Gasteiger partial charge in [-0.2, -0.15) is 0 Å².